The van der Waals surface area contributed by atoms with Gasteiger partial charge in [-0.25, -0.2) is 0 Å². The molecule has 1 N–H and O–H groups in total. The van der Waals surface area contributed by atoms with E-state index in [0.717, 1.165) is 18.1 Å². The van der Waals surface area contributed by atoms with Gasteiger partial charge in [-0.05, 0) is 37.8 Å². The van der Waals surface area contributed by atoms with E-state index in [-0.39, 0.29) is 6.10 Å². The summed E-state index contributed by atoms with van der Waals surface area (Å²) >= 11 is 1.80. The van der Waals surface area contributed by atoms with Gasteiger partial charge in [0.25, 0.3) is 0 Å². The van der Waals surface area contributed by atoms with Gasteiger partial charge in [0, 0.05) is 10.6 Å². The van der Waals surface area contributed by atoms with Crippen LogP contribution in [0.1, 0.15) is 43.2 Å². The van der Waals surface area contributed by atoms with Crippen molar-refractivity contribution in [1.82, 2.24) is 0 Å². The van der Waals surface area contributed by atoms with Gasteiger partial charge in [-0.1, -0.05) is 43.4 Å². The van der Waals surface area contributed by atoms with Crippen molar-refractivity contribution in [3.63, 3.8) is 0 Å². The smallest absolute Gasteiger partial charge is 0.0636 e. The van der Waals surface area contributed by atoms with Gasteiger partial charge in [0.2, 0.25) is 0 Å². The second-order valence-electron chi connectivity index (χ2n) is 5.62. The predicted molar refractivity (Wildman–Crippen MR) is 79.2 cm³/mol. The third-order valence-corrected chi connectivity index (χ3v) is 5.16. The number of rotatable bonds is 5. The average molecular weight is 264 g/mol. The summed E-state index contributed by atoms with van der Waals surface area (Å²) in [6.45, 7) is 4.27. The molecule has 1 saturated carbocycles. The second-order valence-corrected chi connectivity index (χ2v) is 6.68. The van der Waals surface area contributed by atoms with E-state index < -0.39 is 0 Å². The Hall–Kier alpha value is -0.470. The van der Waals surface area contributed by atoms with Crippen LogP contribution in [0.3, 0.4) is 0 Å². The van der Waals surface area contributed by atoms with Crippen LogP contribution in [-0.4, -0.2) is 17.0 Å². The highest BCUT2D eigenvalue weighted by Gasteiger charge is 2.18. The molecular formula is C16H24OS. The van der Waals surface area contributed by atoms with Gasteiger partial charge in [0.05, 0.1) is 6.10 Å². The van der Waals surface area contributed by atoms with Crippen molar-refractivity contribution < 1.29 is 5.11 Å². The maximum absolute atomic E-state index is 10.1. The molecule has 0 aliphatic heterocycles. The molecule has 0 spiro atoms. The predicted octanol–water partition coefficient (Wildman–Crippen LogP) is 4.34. The first-order valence-corrected chi connectivity index (χ1v) is 8.02. The number of thioether (sulfide) groups is 1. The van der Waals surface area contributed by atoms with Gasteiger partial charge in [-0.2, -0.15) is 0 Å². The molecule has 2 heteroatoms. The fourth-order valence-electron chi connectivity index (χ4n) is 2.75. The van der Waals surface area contributed by atoms with Crippen molar-refractivity contribution >= 4 is 11.8 Å². The van der Waals surface area contributed by atoms with E-state index in [1.807, 2.05) is 0 Å². The topological polar surface area (TPSA) is 20.2 Å². The number of aliphatic hydroxyl groups is 1. The van der Waals surface area contributed by atoms with Gasteiger partial charge in [0.1, 0.15) is 0 Å². The molecule has 1 aromatic carbocycles. The zero-order valence-corrected chi connectivity index (χ0v) is 12.3. The summed E-state index contributed by atoms with van der Waals surface area (Å²) in [5, 5.41) is 10.1. The quantitative estimate of drug-likeness (QED) is 0.798. The molecule has 0 bridgehead atoms. The second kappa shape index (κ2) is 6.63. The monoisotopic (exact) mass is 264 g/mol. The molecule has 0 aromatic heterocycles. The molecule has 1 aromatic rings. The zero-order chi connectivity index (χ0) is 13.0. The van der Waals surface area contributed by atoms with Crippen molar-refractivity contribution in [2.24, 2.45) is 5.92 Å². The highest BCUT2D eigenvalue weighted by atomic mass is 32.2. The van der Waals surface area contributed by atoms with Crippen LogP contribution in [0.25, 0.3) is 0 Å². The molecule has 1 atom stereocenters. The average Bonchev–Trinajstić information content (AvgIpc) is 2.83. The number of aliphatic hydroxyl groups excluding tert-OH is 1. The van der Waals surface area contributed by atoms with Crippen LogP contribution in [-0.2, 0) is 0 Å². The van der Waals surface area contributed by atoms with Crippen molar-refractivity contribution in [2.75, 3.05) is 5.75 Å². The molecule has 0 saturated heterocycles. The number of hydrogen-bond acceptors (Lipinski definition) is 2. The number of hydrogen-bond donors (Lipinski definition) is 1. The normalized spacial score (nSPS) is 18.2. The van der Waals surface area contributed by atoms with E-state index in [9.17, 15) is 5.11 Å². The first-order valence-electron chi connectivity index (χ1n) is 7.03. The summed E-state index contributed by atoms with van der Waals surface area (Å²) in [6.07, 6.45) is 6.23. The van der Waals surface area contributed by atoms with E-state index >= 15 is 0 Å². The van der Waals surface area contributed by atoms with E-state index in [4.69, 9.17) is 0 Å². The molecule has 0 radical (unpaired) electrons. The Morgan fingerprint density at radius 3 is 2.72 bits per heavy atom. The van der Waals surface area contributed by atoms with Crippen molar-refractivity contribution in [1.29, 1.82) is 0 Å². The molecule has 1 unspecified atom stereocenters. The maximum Gasteiger partial charge on any atom is 0.0636 e. The summed E-state index contributed by atoms with van der Waals surface area (Å²) in [7, 11) is 0. The summed E-state index contributed by atoms with van der Waals surface area (Å²) in [6, 6.07) is 6.54. The largest absolute Gasteiger partial charge is 0.392 e. The minimum atomic E-state index is -0.141. The first-order chi connectivity index (χ1) is 8.65. The Labute approximate surface area is 115 Å². The lowest BCUT2D eigenvalue weighted by Crippen LogP contribution is -2.14. The molecule has 1 aliphatic carbocycles. The van der Waals surface area contributed by atoms with Gasteiger partial charge < -0.3 is 5.11 Å². The van der Waals surface area contributed by atoms with E-state index in [1.165, 1.54) is 41.7 Å². The fourth-order valence-corrected chi connectivity index (χ4v) is 3.82. The van der Waals surface area contributed by atoms with Crippen molar-refractivity contribution in [3.8, 4) is 0 Å². The van der Waals surface area contributed by atoms with Gasteiger partial charge >= 0.3 is 0 Å². The molecule has 0 amide bonds. The van der Waals surface area contributed by atoms with Crippen LogP contribution in [0.5, 0.6) is 0 Å². The molecule has 18 heavy (non-hydrogen) atoms. The molecule has 1 aliphatic rings. The standard InChI is InChI=1S/C16H24OS/c1-12-7-8-13(2)16(9-12)18-11-15(17)10-14-5-3-4-6-14/h7-9,14-15,17H,3-6,10-11H2,1-2H3. The van der Waals surface area contributed by atoms with Gasteiger partial charge in [-0.15, -0.1) is 11.8 Å². The lowest BCUT2D eigenvalue weighted by atomic mass is 10.0. The fraction of sp³-hybridized carbons (Fsp3) is 0.625. The maximum atomic E-state index is 10.1. The zero-order valence-electron chi connectivity index (χ0n) is 11.5. The lowest BCUT2D eigenvalue weighted by Gasteiger charge is -2.15. The third kappa shape index (κ3) is 4.03. The number of aryl methyl sites for hydroxylation is 2. The van der Waals surface area contributed by atoms with Crippen LogP contribution >= 0.6 is 11.8 Å². The van der Waals surface area contributed by atoms with E-state index in [0.29, 0.717) is 0 Å². The summed E-state index contributed by atoms with van der Waals surface area (Å²) in [5.41, 5.74) is 2.62. The number of benzene rings is 1. The van der Waals surface area contributed by atoms with Crippen LogP contribution in [0.4, 0.5) is 0 Å². The molecular weight excluding hydrogens is 240 g/mol. The van der Waals surface area contributed by atoms with Gasteiger partial charge in [0.15, 0.2) is 0 Å². The Morgan fingerprint density at radius 1 is 1.28 bits per heavy atom. The third-order valence-electron chi connectivity index (χ3n) is 3.86. The summed E-state index contributed by atoms with van der Waals surface area (Å²) in [4.78, 5) is 1.32. The van der Waals surface area contributed by atoms with Crippen LogP contribution in [0.2, 0.25) is 0 Å². The van der Waals surface area contributed by atoms with Crippen LogP contribution in [0.15, 0.2) is 23.1 Å². The Kier molecular flexibility index (Phi) is 5.13. The van der Waals surface area contributed by atoms with Crippen molar-refractivity contribution in [2.45, 2.75) is 57.0 Å². The van der Waals surface area contributed by atoms with E-state index in [1.54, 1.807) is 11.8 Å². The Balaban J connectivity index is 1.81. The molecule has 100 valence electrons. The molecule has 1 nitrogen and oxygen atoms in total. The van der Waals surface area contributed by atoms with E-state index in [2.05, 4.69) is 32.0 Å². The highest BCUT2D eigenvalue weighted by Crippen LogP contribution is 2.30. The minimum Gasteiger partial charge on any atom is -0.392 e. The SMILES string of the molecule is Cc1ccc(C)c(SCC(O)CC2CCCC2)c1. The lowest BCUT2D eigenvalue weighted by molar-refractivity contribution is 0.166. The van der Waals surface area contributed by atoms with Crippen LogP contribution < -0.4 is 0 Å². The molecule has 0 heterocycles. The minimum absolute atomic E-state index is 0.141. The molecule has 2 rings (SSSR count). The van der Waals surface area contributed by atoms with Gasteiger partial charge in [-0.3, -0.25) is 0 Å². The van der Waals surface area contributed by atoms with Crippen LogP contribution in [0, 0.1) is 19.8 Å². The Bertz CT molecular complexity index is 383. The molecule has 1 fully saturated rings. The highest BCUT2D eigenvalue weighted by molar-refractivity contribution is 7.99. The summed E-state index contributed by atoms with van der Waals surface area (Å²) in [5.74, 6) is 1.61. The summed E-state index contributed by atoms with van der Waals surface area (Å²) < 4.78 is 0. The first kappa shape index (κ1) is 14.0. The Morgan fingerprint density at radius 2 is 2.00 bits per heavy atom. The van der Waals surface area contributed by atoms with Crippen molar-refractivity contribution in [3.05, 3.63) is 29.3 Å².